The third kappa shape index (κ3) is 5.12. The fraction of sp³-hybridized carbons (Fsp3) is 0.833. The number of nitrogens with two attached hydrogens (primary N) is 1. The maximum Gasteiger partial charge on any atom is 0.0964 e. The first-order chi connectivity index (χ1) is 8.88. The van der Waals surface area contributed by atoms with Crippen LogP contribution in [0, 0.1) is 5.92 Å². The Morgan fingerprint density at radius 1 is 1.50 bits per heavy atom. The summed E-state index contributed by atoms with van der Waals surface area (Å²) in [5.74, 6) is 0.857. The van der Waals surface area contributed by atoms with E-state index in [4.69, 9.17) is 10.5 Å². The Kier molecular flexibility index (Phi) is 5.57. The molecule has 1 fully saturated rings. The topological polar surface area (TPSA) is 78.0 Å². The Morgan fingerprint density at radius 2 is 2.39 bits per heavy atom. The van der Waals surface area contributed by atoms with Crippen molar-refractivity contribution >= 4 is 0 Å². The van der Waals surface area contributed by atoms with E-state index in [0.29, 0.717) is 6.54 Å². The maximum absolute atomic E-state index is 5.56. The van der Waals surface area contributed by atoms with Crippen molar-refractivity contribution in [1.29, 1.82) is 0 Å². The summed E-state index contributed by atoms with van der Waals surface area (Å²) in [6, 6.07) is 0. The molecule has 0 aromatic carbocycles. The van der Waals surface area contributed by atoms with Crippen LogP contribution in [0.5, 0.6) is 0 Å². The van der Waals surface area contributed by atoms with Crippen molar-refractivity contribution in [3.63, 3.8) is 0 Å². The predicted octanol–water partition coefficient (Wildman–Crippen LogP) is 0.143. The van der Waals surface area contributed by atoms with E-state index in [1.165, 1.54) is 12.8 Å². The molecule has 0 bridgehead atoms. The van der Waals surface area contributed by atoms with Crippen LogP contribution in [0.3, 0.4) is 0 Å². The molecule has 0 saturated heterocycles. The molecule has 6 nitrogen and oxygen atoms in total. The number of nitrogens with one attached hydrogen (secondary N) is 1. The molecule has 3 N–H and O–H groups in total. The average molecular weight is 253 g/mol. The largest absolute Gasteiger partial charge is 0.381 e. The van der Waals surface area contributed by atoms with Crippen molar-refractivity contribution in [2.75, 3.05) is 26.3 Å². The van der Waals surface area contributed by atoms with Crippen molar-refractivity contribution < 1.29 is 4.74 Å². The monoisotopic (exact) mass is 253 g/mol. The van der Waals surface area contributed by atoms with Gasteiger partial charge >= 0.3 is 0 Å². The summed E-state index contributed by atoms with van der Waals surface area (Å²) in [5.41, 5.74) is 6.41. The molecule has 1 aliphatic rings. The lowest BCUT2D eigenvalue weighted by Crippen LogP contribution is -2.17. The molecule has 1 heterocycles. The fourth-order valence-electron chi connectivity index (χ4n) is 1.71. The van der Waals surface area contributed by atoms with Crippen LogP contribution in [-0.4, -0.2) is 41.3 Å². The van der Waals surface area contributed by atoms with Crippen LogP contribution in [0.15, 0.2) is 6.20 Å². The summed E-state index contributed by atoms with van der Waals surface area (Å²) >= 11 is 0. The second-order valence-corrected chi connectivity index (χ2v) is 4.81. The lowest BCUT2D eigenvalue weighted by Gasteiger charge is -2.03. The van der Waals surface area contributed by atoms with Crippen molar-refractivity contribution in [2.24, 2.45) is 11.7 Å². The van der Waals surface area contributed by atoms with Gasteiger partial charge in [-0.2, -0.15) is 0 Å². The van der Waals surface area contributed by atoms with Crippen LogP contribution in [0.1, 0.15) is 25.0 Å². The van der Waals surface area contributed by atoms with E-state index in [-0.39, 0.29) is 0 Å². The third-order valence-corrected chi connectivity index (χ3v) is 2.94. The second-order valence-electron chi connectivity index (χ2n) is 4.81. The molecule has 0 amide bonds. The van der Waals surface area contributed by atoms with Crippen molar-refractivity contribution in [2.45, 2.75) is 32.4 Å². The normalized spacial score (nSPS) is 15.2. The quantitative estimate of drug-likeness (QED) is 0.580. The van der Waals surface area contributed by atoms with Crippen molar-refractivity contribution in [3.8, 4) is 0 Å². The smallest absolute Gasteiger partial charge is 0.0964 e. The number of hydrogen-bond acceptors (Lipinski definition) is 5. The number of rotatable bonds is 10. The van der Waals surface area contributed by atoms with Gasteiger partial charge in [0.15, 0.2) is 0 Å². The van der Waals surface area contributed by atoms with Gasteiger partial charge in [0.25, 0.3) is 0 Å². The molecule has 1 aromatic rings. The Bertz CT molecular complexity index is 337. The SMILES string of the molecule is NCCn1cc(CNCCCOCC2CC2)nn1. The molecule has 102 valence electrons. The molecule has 0 radical (unpaired) electrons. The molecular weight excluding hydrogens is 230 g/mol. The maximum atomic E-state index is 5.56. The molecule has 0 atom stereocenters. The third-order valence-electron chi connectivity index (χ3n) is 2.94. The lowest BCUT2D eigenvalue weighted by molar-refractivity contribution is 0.122. The molecule has 0 aliphatic heterocycles. The molecule has 18 heavy (non-hydrogen) atoms. The lowest BCUT2D eigenvalue weighted by atomic mass is 10.4. The first-order valence-corrected chi connectivity index (χ1v) is 6.76. The predicted molar refractivity (Wildman–Crippen MR) is 68.9 cm³/mol. The van der Waals surface area contributed by atoms with Gasteiger partial charge in [-0.05, 0) is 31.7 Å². The molecule has 1 aromatic heterocycles. The minimum atomic E-state index is 0.592. The van der Waals surface area contributed by atoms with E-state index in [2.05, 4.69) is 15.6 Å². The van der Waals surface area contributed by atoms with Crippen molar-refractivity contribution in [3.05, 3.63) is 11.9 Å². The van der Waals surface area contributed by atoms with E-state index in [0.717, 1.165) is 50.9 Å². The summed E-state index contributed by atoms with van der Waals surface area (Å²) in [5, 5.41) is 11.4. The van der Waals surface area contributed by atoms with Gasteiger partial charge in [0, 0.05) is 32.5 Å². The highest BCUT2D eigenvalue weighted by atomic mass is 16.5. The summed E-state index contributed by atoms with van der Waals surface area (Å²) in [4.78, 5) is 0. The fourth-order valence-corrected chi connectivity index (χ4v) is 1.71. The summed E-state index contributed by atoms with van der Waals surface area (Å²) in [6.07, 6.45) is 5.69. The van der Waals surface area contributed by atoms with Gasteiger partial charge < -0.3 is 15.8 Å². The van der Waals surface area contributed by atoms with E-state index in [1.807, 2.05) is 6.20 Å². The zero-order chi connectivity index (χ0) is 12.6. The van der Waals surface area contributed by atoms with Gasteiger partial charge in [-0.15, -0.1) is 5.10 Å². The van der Waals surface area contributed by atoms with Gasteiger partial charge in [0.2, 0.25) is 0 Å². The first kappa shape index (κ1) is 13.5. The highest BCUT2D eigenvalue weighted by Crippen LogP contribution is 2.28. The number of hydrogen-bond donors (Lipinski definition) is 2. The van der Waals surface area contributed by atoms with E-state index < -0.39 is 0 Å². The second kappa shape index (κ2) is 7.45. The van der Waals surface area contributed by atoms with E-state index in [1.54, 1.807) is 4.68 Å². The van der Waals surface area contributed by atoms with Crippen LogP contribution in [0.25, 0.3) is 0 Å². The van der Waals surface area contributed by atoms with E-state index >= 15 is 0 Å². The Morgan fingerprint density at radius 3 is 3.17 bits per heavy atom. The molecular formula is C12H23N5O. The molecule has 1 aliphatic carbocycles. The van der Waals surface area contributed by atoms with Gasteiger partial charge in [0.05, 0.1) is 12.2 Å². The van der Waals surface area contributed by atoms with Crippen LogP contribution < -0.4 is 11.1 Å². The average Bonchev–Trinajstić information content (AvgIpc) is 3.09. The number of ether oxygens (including phenoxy) is 1. The summed E-state index contributed by atoms with van der Waals surface area (Å²) in [6.45, 7) is 4.83. The zero-order valence-electron chi connectivity index (χ0n) is 10.8. The number of aromatic nitrogens is 3. The zero-order valence-corrected chi connectivity index (χ0v) is 10.8. The highest BCUT2D eigenvalue weighted by Gasteiger charge is 2.20. The molecule has 6 heteroatoms. The molecule has 2 rings (SSSR count). The Hall–Kier alpha value is -0.980. The van der Waals surface area contributed by atoms with Gasteiger partial charge in [-0.1, -0.05) is 5.21 Å². The van der Waals surface area contributed by atoms with Gasteiger partial charge in [-0.3, -0.25) is 4.68 Å². The van der Waals surface area contributed by atoms with Gasteiger partial charge in [0.1, 0.15) is 0 Å². The molecule has 1 saturated carbocycles. The first-order valence-electron chi connectivity index (χ1n) is 6.76. The molecule has 0 unspecified atom stereocenters. The summed E-state index contributed by atoms with van der Waals surface area (Å²) in [7, 11) is 0. The Labute approximate surface area is 108 Å². The standard InChI is InChI=1S/C12H23N5O/c13-4-6-17-9-12(15-16-17)8-14-5-1-7-18-10-11-2-3-11/h9,11,14H,1-8,10,13H2. The van der Waals surface area contributed by atoms with Crippen LogP contribution in [-0.2, 0) is 17.8 Å². The minimum absolute atomic E-state index is 0.592. The van der Waals surface area contributed by atoms with E-state index in [9.17, 15) is 0 Å². The van der Waals surface area contributed by atoms with Gasteiger partial charge in [-0.25, -0.2) is 0 Å². The Balaban J connectivity index is 1.46. The summed E-state index contributed by atoms with van der Waals surface area (Å²) < 4.78 is 7.33. The van der Waals surface area contributed by atoms with Crippen molar-refractivity contribution in [1.82, 2.24) is 20.3 Å². The van der Waals surface area contributed by atoms with Crippen LogP contribution in [0.4, 0.5) is 0 Å². The highest BCUT2D eigenvalue weighted by molar-refractivity contribution is 4.91. The molecule has 0 spiro atoms. The number of nitrogens with zero attached hydrogens (tertiary/aromatic N) is 3. The van der Waals surface area contributed by atoms with Crippen LogP contribution >= 0.6 is 0 Å². The van der Waals surface area contributed by atoms with Crippen LogP contribution in [0.2, 0.25) is 0 Å². The minimum Gasteiger partial charge on any atom is -0.381 e.